The first-order valence-corrected chi connectivity index (χ1v) is 11.0. The number of rotatable bonds is 6. The number of nitriles is 1. The number of nitrogens with one attached hydrogen (secondary N) is 1. The molecule has 0 fully saturated rings. The van der Waals surface area contributed by atoms with E-state index in [-0.39, 0.29) is 18.0 Å². The number of aryl methyl sites for hydroxylation is 1. The quantitative estimate of drug-likeness (QED) is 0.324. The molecule has 171 valence electrons. The van der Waals surface area contributed by atoms with Crippen molar-refractivity contribution < 1.29 is 9.53 Å². The fourth-order valence-corrected chi connectivity index (χ4v) is 4.12. The Hall–Kier alpha value is -4.83. The minimum Gasteiger partial charge on any atom is -0.457 e. The summed E-state index contributed by atoms with van der Waals surface area (Å²) in [5, 5.41) is 14.3. The SMILES string of the molecule is [CH2]c1cccc(Oc2ccc(-n3ncc(C(=O)c4cc5c(CC#N)cccc5[nH]4)c3N)c(C)c2)c1. The average Bonchev–Trinajstić information content (AvgIpc) is 3.44. The number of nitrogen functional groups attached to an aromatic ring is 1. The molecule has 0 unspecified atom stereocenters. The molecule has 1 radical (unpaired) electrons. The van der Waals surface area contributed by atoms with E-state index in [1.165, 1.54) is 6.20 Å². The highest BCUT2D eigenvalue weighted by Gasteiger charge is 2.21. The highest BCUT2D eigenvalue weighted by molar-refractivity contribution is 6.12. The first-order chi connectivity index (χ1) is 16.9. The van der Waals surface area contributed by atoms with Crippen molar-refractivity contribution in [2.75, 3.05) is 5.73 Å². The van der Waals surface area contributed by atoms with Gasteiger partial charge in [0.1, 0.15) is 17.3 Å². The lowest BCUT2D eigenvalue weighted by atomic mass is 10.1. The number of fused-ring (bicyclic) bond motifs is 1. The number of carbonyl (C=O) groups excluding carboxylic acids is 1. The van der Waals surface area contributed by atoms with Gasteiger partial charge < -0.3 is 15.5 Å². The highest BCUT2D eigenvalue weighted by atomic mass is 16.5. The van der Waals surface area contributed by atoms with E-state index in [0.29, 0.717) is 22.8 Å². The summed E-state index contributed by atoms with van der Waals surface area (Å²) in [6.07, 6.45) is 1.74. The van der Waals surface area contributed by atoms with Crippen LogP contribution in [-0.2, 0) is 6.42 Å². The second kappa shape index (κ2) is 8.84. The predicted octanol–water partition coefficient (Wildman–Crippen LogP) is 5.52. The topological polar surface area (TPSA) is 110 Å². The number of hydrogen-bond acceptors (Lipinski definition) is 5. The number of aromatic amines is 1. The Labute approximate surface area is 202 Å². The van der Waals surface area contributed by atoms with Crippen molar-refractivity contribution in [3.05, 3.63) is 108 Å². The van der Waals surface area contributed by atoms with E-state index in [1.54, 1.807) is 10.7 Å². The van der Waals surface area contributed by atoms with E-state index in [0.717, 1.165) is 33.3 Å². The molecule has 0 spiro atoms. The summed E-state index contributed by atoms with van der Waals surface area (Å²) in [6, 6.07) is 22.6. The van der Waals surface area contributed by atoms with E-state index in [2.05, 4.69) is 23.1 Å². The Bertz CT molecular complexity index is 1620. The van der Waals surface area contributed by atoms with Gasteiger partial charge in [-0.15, -0.1) is 0 Å². The smallest absolute Gasteiger partial charge is 0.214 e. The van der Waals surface area contributed by atoms with E-state index < -0.39 is 0 Å². The van der Waals surface area contributed by atoms with Crippen LogP contribution in [0.5, 0.6) is 11.5 Å². The summed E-state index contributed by atoms with van der Waals surface area (Å²) in [7, 11) is 0. The molecule has 2 heterocycles. The van der Waals surface area contributed by atoms with Crippen molar-refractivity contribution in [1.29, 1.82) is 5.26 Å². The van der Waals surface area contributed by atoms with Crippen LogP contribution >= 0.6 is 0 Å². The molecule has 5 aromatic rings. The molecule has 7 heteroatoms. The van der Waals surface area contributed by atoms with Gasteiger partial charge in [-0.2, -0.15) is 10.4 Å². The zero-order chi connectivity index (χ0) is 24.5. The zero-order valence-corrected chi connectivity index (χ0v) is 19.1. The maximum absolute atomic E-state index is 13.3. The Morgan fingerprint density at radius 1 is 1.14 bits per heavy atom. The van der Waals surface area contributed by atoms with Crippen molar-refractivity contribution >= 4 is 22.5 Å². The predicted molar refractivity (Wildman–Crippen MR) is 135 cm³/mol. The molecule has 0 amide bonds. The van der Waals surface area contributed by atoms with Gasteiger partial charge in [0.2, 0.25) is 5.78 Å². The van der Waals surface area contributed by atoms with Gasteiger partial charge in [0.25, 0.3) is 0 Å². The van der Waals surface area contributed by atoms with Crippen molar-refractivity contribution in [3.8, 4) is 23.3 Å². The minimum absolute atomic E-state index is 0.243. The number of benzene rings is 3. The fraction of sp³-hybridized carbons (Fsp3) is 0.0714. The lowest BCUT2D eigenvalue weighted by molar-refractivity contribution is 0.103. The normalized spacial score (nSPS) is 10.9. The van der Waals surface area contributed by atoms with Gasteiger partial charge >= 0.3 is 0 Å². The Kier molecular flexibility index (Phi) is 5.55. The van der Waals surface area contributed by atoms with Crippen LogP contribution in [0.4, 0.5) is 5.82 Å². The summed E-state index contributed by atoms with van der Waals surface area (Å²) >= 11 is 0. The summed E-state index contributed by atoms with van der Waals surface area (Å²) in [5.41, 5.74) is 11.2. The number of anilines is 1. The monoisotopic (exact) mass is 460 g/mol. The number of aromatic nitrogens is 3. The molecule has 5 rings (SSSR count). The van der Waals surface area contributed by atoms with E-state index in [9.17, 15) is 4.79 Å². The molecule has 0 saturated carbocycles. The molecule has 2 aromatic heterocycles. The molecular weight excluding hydrogens is 438 g/mol. The lowest BCUT2D eigenvalue weighted by Crippen LogP contribution is -2.08. The average molecular weight is 461 g/mol. The zero-order valence-electron chi connectivity index (χ0n) is 19.1. The molecule has 0 aliphatic carbocycles. The first-order valence-electron chi connectivity index (χ1n) is 11.0. The molecular formula is C28H22N5O2. The molecule has 0 atom stereocenters. The van der Waals surface area contributed by atoms with Crippen molar-refractivity contribution in [2.45, 2.75) is 13.3 Å². The van der Waals surface area contributed by atoms with Crippen LogP contribution in [0.2, 0.25) is 0 Å². The number of H-pyrrole nitrogens is 1. The number of ketones is 1. The number of nitrogens with zero attached hydrogens (tertiary/aromatic N) is 3. The summed E-state index contributed by atoms with van der Waals surface area (Å²) < 4.78 is 7.49. The Morgan fingerprint density at radius 2 is 1.94 bits per heavy atom. The third kappa shape index (κ3) is 4.13. The van der Waals surface area contributed by atoms with Gasteiger partial charge in [0.15, 0.2) is 0 Å². The van der Waals surface area contributed by atoms with Crippen LogP contribution in [-0.4, -0.2) is 20.5 Å². The summed E-state index contributed by atoms with van der Waals surface area (Å²) in [5.74, 6) is 1.35. The van der Waals surface area contributed by atoms with Crippen LogP contribution in [0.1, 0.15) is 32.7 Å². The minimum atomic E-state index is -0.265. The highest BCUT2D eigenvalue weighted by Crippen LogP contribution is 2.29. The number of hydrogen-bond donors (Lipinski definition) is 2. The largest absolute Gasteiger partial charge is 0.457 e. The maximum atomic E-state index is 13.3. The van der Waals surface area contributed by atoms with Crippen molar-refractivity contribution in [3.63, 3.8) is 0 Å². The van der Waals surface area contributed by atoms with E-state index in [4.69, 9.17) is 15.7 Å². The van der Waals surface area contributed by atoms with E-state index in [1.807, 2.05) is 67.6 Å². The molecule has 3 N–H and O–H groups in total. The molecule has 3 aromatic carbocycles. The van der Waals surface area contributed by atoms with Gasteiger partial charge in [-0.05, 0) is 73.0 Å². The number of nitrogens with two attached hydrogens (primary N) is 1. The number of ether oxygens (including phenoxy) is 1. The molecule has 0 bridgehead atoms. The van der Waals surface area contributed by atoms with Crippen LogP contribution in [0.15, 0.2) is 72.9 Å². The number of carbonyl (C=O) groups is 1. The van der Waals surface area contributed by atoms with Crippen LogP contribution in [0, 0.1) is 25.2 Å². The van der Waals surface area contributed by atoms with Gasteiger partial charge in [-0.1, -0.05) is 24.3 Å². The van der Waals surface area contributed by atoms with Crippen molar-refractivity contribution in [1.82, 2.24) is 14.8 Å². The second-order valence-corrected chi connectivity index (χ2v) is 8.28. The molecule has 35 heavy (non-hydrogen) atoms. The third-order valence-electron chi connectivity index (χ3n) is 5.85. The second-order valence-electron chi connectivity index (χ2n) is 8.28. The van der Waals surface area contributed by atoms with Gasteiger partial charge in [0, 0.05) is 10.9 Å². The first kappa shape index (κ1) is 22.0. The maximum Gasteiger partial charge on any atom is 0.214 e. The van der Waals surface area contributed by atoms with E-state index >= 15 is 0 Å². The van der Waals surface area contributed by atoms with Crippen LogP contribution in [0.3, 0.4) is 0 Å². The van der Waals surface area contributed by atoms with Gasteiger partial charge in [0.05, 0.1) is 35.6 Å². The Morgan fingerprint density at radius 3 is 2.71 bits per heavy atom. The van der Waals surface area contributed by atoms with Crippen LogP contribution in [0.25, 0.3) is 16.6 Å². The lowest BCUT2D eigenvalue weighted by Gasteiger charge is -2.12. The van der Waals surface area contributed by atoms with Gasteiger partial charge in [-0.25, -0.2) is 4.68 Å². The third-order valence-corrected chi connectivity index (χ3v) is 5.85. The molecule has 0 aliphatic rings. The Balaban J connectivity index is 1.44. The molecule has 0 aliphatic heterocycles. The van der Waals surface area contributed by atoms with Crippen LogP contribution < -0.4 is 10.5 Å². The van der Waals surface area contributed by atoms with Gasteiger partial charge in [-0.3, -0.25) is 4.79 Å². The summed E-state index contributed by atoms with van der Waals surface area (Å²) in [4.78, 5) is 16.4. The fourth-order valence-electron chi connectivity index (χ4n) is 4.12. The van der Waals surface area contributed by atoms with Crippen molar-refractivity contribution in [2.24, 2.45) is 0 Å². The standard InChI is InChI=1S/C28H22N5O2/c1-17-5-3-7-20(13-17)35-21-9-10-26(18(2)14-21)33-28(30)23(16-31-33)27(34)25-15-22-19(11-12-29)6-4-8-24(22)32-25/h3-10,13-16,32H,1,11,30H2,2H3. The molecule has 0 saturated heterocycles. The summed E-state index contributed by atoms with van der Waals surface area (Å²) in [6.45, 7) is 5.85. The molecule has 7 nitrogen and oxygen atoms in total.